The maximum absolute atomic E-state index is 5.60. The van der Waals surface area contributed by atoms with Gasteiger partial charge >= 0.3 is 0 Å². The fourth-order valence-corrected chi connectivity index (χ4v) is 3.25. The zero-order valence-electron chi connectivity index (χ0n) is 16.0. The van der Waals surface area contributed by atoms with E-state index in [1.165, 1.54) is 22.3 Å². The Balaban J connectivity index is 1.94. The largest absolute Gasteiger partial charge is 0.496 e. The van der Waals surface area contributed by atoms with Crippen LogP contribution in [0.1, 0.15) is 25.0 Å². The van der Waals surface area contributed by atoms with Crippen LogP contribution in [0.25, 0.3) is 22.3 Å². The first-order chi connectivity index (χ1) is 12.7. The fourth-order valence-electron chi connectivity index (χ4n) is 3.25. The van der Waals surface area contributed by atoms with Gasteiger partial charge in [-0.2, -0.15) is 0 Å². The molecule has 3 aromatic rings. The van der Waals surface area contributed by atoms with Crippen molar-refractivity contribution in [2.45, 2.75) is 26.7 Å². The summed E-state index contributed by atoms with van der Waals surface area (Å²) in [4.78, 5) is 0. The van der Waals surface area contributed by atoms with Gasteiger partial charge in [-0.3, -0.25) is 0 Å². The molecule has 0 aliphatic carbocycles. The Kier molecular flexibility index (Phi) is 5.62. The number of aryl methyl sites for hydroxylation is 2. The van der Waals surface area contributed by atoms with Gasteiger partial charge in [-0.15, -0.1) is 0 Å². The summed E-state index contributed by atoms with van der Waals surface area (Å²) >= 11 is 0. The van der Waals surface area contributed by atoms with E-state index in [0.29, 0.717) is 0 Å². The molecule has 26 heavy (non-hydrogen) atoms. The lowest BCUT2D eigenvalue weighted by molar-refractivity contribution is 0.410. The van der Waals surface area contributed by atoms with Gasteiger partial charge in [-0.1, -0.05) is 62.4 Å². The lowest BCUT2D eigenvalue weighted by Gasteiger charge is -2.12. The van der Waals surface area contributed by atoms with Crippen LogP contribution in [-0.2, 0) is 12.8 Å². The van der Waals surface area contributed by atoms with Crippen molar-refractivity contribution >= 4 is 0 Å². The van der Waals surface area contributed by atoms with Gasteiger partial charge < -0.3 is 9.47 Å². The Hall–Kier alpha value is -2.74. The van der Waals surface area contributed by atoms with Crippen molar-refractivity contribution in [2.24, 2.45) is 0 Å². The van der Waals surface area contributed by atoms with E-state index in [1.54, 1.807) is 14.2 Å². The topological polar surface area (TPSA) is 18.5 Å². The van der Waals surface area contributed by atoms with Crippen LogP contribution < -0.4 is 9.47 Å². The molecular formula is C24H26O2. The molecule has 0 radical (unpaired) electrons. The van der Waals surface area contributed by atoms with Crippen LogP contribution in [0.15, 0.2) is 60.7 Å². The molecule has 2 nitrogen and oxygen atoms in total. The third kappa shape index (κ3) is 3.60. The smallest absolute Gasteiger partial charge is 0.126 e. The number of benzene rings is 3. The molecule has 0 atom stereocenters. The van der Waals surface area contributed by atoms with Crippen molar-refractivity contribution in [1.82, 2.24) is 0 Å². The van der Waals surface area contributed by atoms with Crippen LogP contribution in [0.4, 0.5) is 0 Å². The molecule has 0 saturated heterocycles. The van der Waals surface area contributed by atoms with E-state index >= 15 is 0 Å². The molecule has 0 aromatic heterocycles. The van der Waals surface area contributed by atoms with Crippen LogP contribution in [0.5, 0.6) is 11.5 Å². The fraction of sp³-hybridized carbons (Fsp3) is 0.250. The molecule has 0 N–H and O–H groups in total. The lowest BCUT2D eigenvalue weighted by Crippen LogP contribution is -1.92. The highest BCUT2D eigenvalue weighted by atomic mass is 16.5. The first-order valence-corrected chi connectivity index (χ1v) is 9.14. The van der Waals surface area contributed by atoms with E-state index in [-0.39, 0.29) is 0 Å². The van der Waals surface area contributed by atoms with Crippen molar-refractivity contribution in [3.8, 4) is 33.8 Å². The van der Waals surface area contributed by atoms with E-state index in [2.05, 4.69) is 74.5 Å². The molecule has 0 aliphatic rings. The molecule has 0 amide bonds. The van der Waals surface area contributed by atoms with Crippen LogP contribution in [-0.4, -0.2) is 14.2 Å². The molecule has 134 valence electrons. The zero-order chi connectivity index (χ0) is 18.5. The molecule has 2 heteroatoms. The van der Waals surface area contributed by atoms with Crippen molar-refractivity contribution in [3.63, 3.8) is 0 Å². The maximum atomic E-state index is 5.60. The Morgan fingerprint density at radius 2 is 1.27 bits per heavy atom. The summed E-state index contributed by atoms with van der Waals surface area (Å²) in [5.74, 6) is 1.87. The molecule has 0 heterocycles. The van der Waals surface area contributed by atoms with Gasteiger partial charge in [0.05, 0.1) is 14.2 Å². The predicted molar refractivity (Wildman–Crippen MR) is 109 cm³/mol. The highest BCUT2D eigenvalue weighted by molar-refractivity contribution is 5.75. The molecule has 0 saturated carbocycles. The highest BCUT2D eigenvalue weighted by Crippen LogP contribution is 2.33. The zero-order valence-corrected chi connectivity index (χ0v) is 16.0. The molecule has 0 bridgehead atoms. The molecule has 0 spiro atoms. The highest BCUT2D eigenvalue weighted by Gasteiger charge is 2.08. The third-order valence-electron chi connectivity index (χ3n) is 4.87. The third-order valence-corrected chi connectivity index (χ3v) is 4.87. The minimum Gasteiger partial charge on any atom is -0.496 e. The summed E-state index contributed by atoms with van der Waals surface area (Å²) in [6, 6.07) is 21.5. The first-order valence-electron chi connectivity index (χ1n) is 9.14. The van der Waals surface area contributed by atoms with Gasteiger partial charge in [-0.25, -0.2) is 0 Å². The minimum atomic E-state index is 0.922. The van der Waals surface area contributed by atoms with E-state index in [4.69, 9.17) is 9.47 Å². The summed E-state index contributed by atoms with van der Waals surface area (Å²) in [6.45, 7) is 4.30. The number of hydrogen-bond acceptors (Lipinski definition) is 2. The minimum absolute atomic E-state index is 0.922. The summed E-state index contributed by atoms with van der Waals surface area (Å²) in [7, 11) is 3.46. The molecule has 0 aliphatic heterocycles. The van der Waals surface area contributed by atoms with Gasteiger partial charge in [0.1, 0.15) is 11.5 Å². The van der Waals surface area contributed by atoms with E-state index < -0.39 is 0 Å². The predicted octanol–water partition coefficient (Wildman–Crippen LogP) is 6.16. The van der Waals surface area contributed by atoms with Crippen LogP contribution in [0.3, 0.4) is 0 Å². The second-order valence-electron chi connectivity index (χ2n) is 6.35. The molecular weight excluding hydrogens is 320 g/mol. The summed E-state index contributed by atoms with van der Waals surface area (Å²) in [5.41, 5.74) is 7.14. The van der Waals surface area contributed by atoms with E-state index in [9.17, 15) is 0 Å². The molecule has 0 unspecified atom stereocenters. The number of hydrogen-bond donors (Lipinski definition) is 0. The second kappa shape index (κ2) is 8.09. The number of methoxy groups -OCH3 is 2. The Morgan fingerprint density at radius 1 is 0.615 bits per heavy atom. The summed E-state index contributed by atoms with van der Waals surface area (Å²) in [5, 5.41) is 0. The summed E-state index contributed by atoms with van der Waals surface area (Å²) in [6.07, 6.45) is 1.97. The van der Waals surface area contributed by atoms with Crippen molar-refractivity contribution in [2.75, 3.05) is 14.2 Å². The van der Waals surface area contributed by atoms with Crippen molar-refractivity contribution in [3.05, 3.63) is 71.8 Å². The van der Waals surface area contributed by atoms with Gasteiger partial charge in [0.25, 0.3) is 0 Å². The quantitative estimate of drug-likeness (QED) is 0.532. The molecule has 0 fully saturated rings. The standard InChI is InChI=1S/C24H26O2/c1-5-17-7-14-22(24(15-17)26-4)20-11-9-19(10-12-20)21-13-8-18(6-2)23(16-21)25-3/h7-16H,5-6H2,1-4H3. The van der Waals surface area contributed by atoms with E-state index in [1.807, 2.05) is 0 Å². The average molecular weight is 346 g/mol. The van der Waals surface area contributed by atoms with E-state index in [0.717, 1.165) is 35.5 Å². The Morgan fingerprint density at radius 3 is 1.88 bits per heavy atom. The lowest BCUT2D eigenvalue weighted by atomic mass is 9.97. The second-order valence-corrected chi connectivity index (χ2v) is 6.35. The SMILES string of the molecule is CCc1ccc(-c2ccc(-c3ccc(CC)c(OC)c3)cc2)c(OC)c1. The van der Waals surface area contributed by atoms with Gasteiger partial charge in [0.15, 0.2) is 0 Å². The maximum Gasteiger partial charge on any atom is 0.126 e. The summed E-state index contributed by atoms with van der Waals surface area (Å²) < 4.78 is 11.1. The number of ether oxygens (including phenoxy) is 2. The first kappa shape index (κ1) is 18.1. The normalized spacial score (nSPS) is 10.6. The van der Waals surface area contributed by atoms with Crippen LogP contribution in [0.2, 0.25) is 0 Å². The van der Waals surface area contributed by atoms with Crippen LogP contribution in [0, 0.1) is 0 Å². The van der Waals surface area contributed by atoms with Crippen molar-refractivity contribution in [1.29, 1.82) is 0 Å². The average Bonchev–Trinajstić information content (AvgIpc) is 2.72. The molecule has 3 rings (SSSR count). The van der Waals surface area contributed by atoms with Gasteiger partial charge in [0.2, 0.25) is 0 Å². The molecule has 3 aromatic carbocycles. The van der Waals surface area contributed by atoms with Gasteiger partial charge in [0, 0.05) is 5.56 Å². The van der Waals surface area contributed by atoms with Gasteiger partial charge in [-0.05, 0) is 52.8 Å². The monoisotopic (exact) mass is 346 g/mol. The van der Waals surface area contributed by atoms with Crippen molar-refractivity contribution < 1.29 is 9.47 Å². The number of rotatable bonds is 6. The Labute approximate surface area is 156 Å². The van der Waals surface area contributed by atoms with Crippen LogP contribution >= 0.6 is 0 Å². The Bertz CT molecular complexity index is 879.